The second-order valence-electron chi connectivity index (χ2n) is 2.23. The number of nitrogens with zero attached hydrogens (tertiary/aromatic N) is 1. The van der Waals surface area contributed by atoms with Crippen LogP contribution in [0.2, 0.25) is 0 Å². The smallest absolute Gasteiger partial charge is 0.349 e. The van der Waals surface area contributed by atoms with E-state index in [1.165, 1.54) is 0 Å². The van der Waals surface area contributed by atoms with E-state index in [0.29, 0.717) is 0 Å². The Kier molecular flexibility index (Phi) is 5.28. The highest BCUT2D eigenvalue weighted by molar-refractivity contribution is 7.79. The molecule has 0 unspecified atom stereocenters. The summed E-state index contributed by atoms with van der Waals surface area (Å²) in [6.45, 7) is 2.14. The highest BCUT2D eigenvalue weighted by Crippen LogP contribution is 1.91. The van der Waals surface area contributed by atoms with Gasteiger partial charge in [0.05, 0.1) is 0 Å². The van der Waals surface area contributed by atoms with Crippen molar-refractivity contribution in [2.75, 3.05) is 0 Å². The van der Waals surface area contributed by atoms with Gasteiger partial charge in [-0.2, -0.15) is 8.42 Å². The first kappa shape index (κ1) is 12.1. The zero-order chi connectivity index (χ0) is 10.3. The van der Waals surface area contributed by atoms with Crippen molar-refractivity contribution in [1.29, 1.82) is 0 Å². The average Bonchev–Trinajstić information content (AvgIpc) is 2.36. The Balaban J connectivity index is 0.000000252. The van der Waals surface area contributed by atoms with Crippen molar-refractivity contribution in [1.82, 2.24) is 9.97 Å². The number of hydrogen-bond donors (Lipinski definition) is 3. The normalized spacial score (nSPS) is 10.4. The molecule has 0 aliphatic carbocycles. The first-order valence-electron chi connectivity index (χ1n) is 3.61. The molecule has 0 atom stereocenters. The van der Waals surface area contributed by atoms with Crippen molar-refractivity contribution in [2.24, 2.45) is 0 Å². The molecule has 6 nitrogen and oxygen atoms in total. The Morgan fingerprint density at radius 3 is 2.38 bits per heavy atom. The molecule has 0 fully saturated rings. The third-order valence-electron chi connectivity index (χ3n) is 1.04. The number of rotatable bonds is 2. The molecule has 3 N–H and O–H groups in total. The molecule has 1 aromatic rings. The monoisotopic (exact) mass is 208 g/mol. The van der Waals surface area contributed by atoms with Gasteiger partial charge in [-0.1, -0.05) is 6.92 Å². The molecule has 1 aromatic heterocycles. The van der Waals surface area contributed by atoms with Crippen LogP contribution in [0.15, 0.2) is 12.4 Å². The van der Waals surface area contributed by atoms with Gasteiger partial charge in [-0.25, -0.2) is 4.98 Å². The van der Waals surface area contributed by atoms with Crippen LogP contribution in [0.1, 0.15) is 19.2 Å². The Bertz CT molecular complexity index is 297. The maximum Gasteiger partial charge on any atom is 0.394 e. The summed E-state index contributed by atoms with van der Waals surface area (Å²) in [6.07, 6.45) is 5.86. The van der Waals surface area contributed by atoms with Crippen LogP contribution in [0.4, 0.5) is 0 Å². The van der Waals surface area contributed by atoms with E-state index in [1.54, 1.807) is 6.20 Å². The highest BCUT2D eigenvalue weighted by atomic mass is 32.3. The number of imidazole rings is 1. The predicted octanol–water partition coefficient (Wildman–Crippen LogP) is 0.709. The van der Waals surface area contributed by atoms with Crippen LogP contribution in [0.5, 0.6) is 0 Å². The summed E-state index contributed by atoms with van der Waals surface area (Å²) < 4.78 is 31.6. The van der Waals surface area contributed by atoms with Crippen LogP contribution >= 0.6 is 0 Å². The summed E-state index contributed by atoms with van der Waals surface area (Å²) in [5.41, 5.74) is 0. The van der Waals surface area contributed by atoms with Crippen molar-refractivity contribution in [3.63, 3.8) is 0 Å². The van der Waals surface area contributed by atoms with E-state index in [0.717, 1.165) is 18.7 Å². The predicted molar refractivity (Wildman–Crippen MR) is 46.8 cm³/mol. The first-order valence-corrected chi connectivity index (χ1v) is 5.01. The topological polar surface area (TPSA) is 103 Å². The molecular weight excluding hydrogens is 196 g/mol. The molecule has 7 heteroatoms. The van der Waals surface area contributed by atoms with E-state index in [2.05, 4.69) is 16.9 Å². The second-order valence-corrected chi connectivity index (χ2v) is 3.13. The SMILES string of the molecule is CCCc1ncc[nH]1.O=S(=O)(O)O. The molecule has 0 radical (unpaired) electrons. The minimum Gasteiger partial charge on any atom is -0.349 e. The van der Waals surface area contributed by atoms with Crippen molar-refractivity contribution in [3.05, 3.63) is 18.2 Å². The third kappa shape index (κ3) is 11.1. The maximum absolute atomic E-state index is 8.74. The maximum atomic E-state index is 8.74. The Morgan fingerprint density at radius 1 is 1.54 bits per heavy atom. The standard InChI is InChI=1S/C6H10N2.H2O4S/c1-2-3-6-7-4-5-8-6;1-5(2,3)4/h4-5H,2-3H2,1H3,(H,7,8);(H2,1,2,3,4). The fourth-order valence-electron chi connectivity index (χ4n) is 0.671. The van der Waals surface area contributed by atoms with Crippen molar-refractivity contribution in [2.45, 2.75) is 19.8 Å². The van der Waals surface area contributed by atoms with Gasteiger partial charge in [0.2, 0.25) is 0 Å². The van der Waals surface area contributed by atoms with Crippen LogP contribution < -0.4 is 0 Å². The minimum absolute atomic E-state index is 1.06. The molecular formula is C6H12N2O4S. The van der Waals surface area contributed by atoms with Crippen LogP contribution in [0, 0.1) is 0 Å². The fourth-order valence-corrected chi connectivity index (χ4v) is 0.671. The molecule has 1 heterocycles. The van der Waals surface area contributed by atoms with Gasteiger partial charge in [0.1, 0.15) is 5.82 Å². The van der Waals surface area contributed by atoms with E-state index in [9.17, 15) is 0 Å². The summed E-state index contributed by atoms with van der Waals surface area (Å²) in [7, 11) is -4.67. The molecule has 76 valence electrons. The van der Waals surface area contributed by atoms with Gasteiger partial charge < -0.3 is 4.98 Å². The molecule has 0 saturated heterocycles. The Hall–Kier alpha value is -0.920. The lowest BCUT2D eigenvalue weighted by Crippen LogP contribution is -1.89. The minimum atomic E-state index is -4.67. The van der Waals surface area contributed by atoms with Crippen LogP contribution in [-0.4, -0.2) is 27.5 Å². The lowest BCUT2D eigenvalue weighted by Gasteiger charge is -1.85. The number of aromatic nitrogens is 2. The van der Waals surface area contributed by atoms with Gasteiger partial charge in [0.15, 0.2) is 0 Å². The van der Waals surface area contributed by atoms with Gasteiger partial charge in [0.25, 0.3) is 0 Å². The highest BCUT2D eigenvalue weighted by Gasteiger charge is 1.87. The van der Waals surface area contributed by atoms with E-state index in [4.69, 9.17) is 17.5 Å². The van der Waals surface area contributed by atoms with Crippen molar-refractivity contribution in [3.8, 4) is 0 Å². The molecule has 0 aromatic carbocycles. The quantitative estimate of drug-likeness (QED) is 0.621. The molecule has 0 amide bonds. The molecule has 0 saturated carbocycles. The number of H-pyrrole nitrogens is 1. The number of hydrogen-bond acceptors (Lipinski definition) is 3. The summed E-state index contributed by atoms with van der Waals surface area (Å²) in [5.74, 6) is 1.09. The zero-order valence-corrected chi connectivity index (χ0v) is 7.95. The van der Waals surface area contributed by atoms with Crippen molar-refractivity contribution >= 4 is 10.4 Å². The summed E-state index contributed by atoms with van der Waals surface area (Å²) in [6, 6.07) is 0. The molecule has 0 aliphatic rings. The van der Waals surface area contributed by atoms with Gasteiger partial charge >= 0.3 is 10.4 Å². The van der Waals surface area contributed by atoms with Gasteiger partial charge in [-0.3, -0.25) is 9.11 Å². The second kappa shape index (κ2) is 5.68. The molecule has 0 bridgehead atoms. The largest absolute Gasteiger partial charge is 0.394 e. The van der Waals surface area contributed by atoms with E-state index in [1.807, 2.05) is 6.20 Å². The zero-order valence-electron chi connectivity index (χ0n) is 7.14. The van der Waals surface area contributed by atoms with Gasteiger partial charge in [-0.05, 0) is 6.42 Å². The summed E-state index contributed by atoms with van der Waals surface area (Å²) in [4.78, 5) is 7.08. The average molecular weight is 208 g/mol. The molecule has 13 heavy (non-hydrogen) atoms. The lowest BCUT2D eigenvalue weighted by molar-refractivity contribution is 0.381. The summed E-state index contributed by atoms with van der Waals surface area (Å²) >= 11 is 0. The van der Waals surface area contributed by atoms with E-state index < -0.39 is 10.4 Å². The lowest BCUT2D eigenvalue weighted by atomic mass is 10.3. The van der Waals surface area contributed by atoms with Crippen molar-refractivity contribution < 1.29 is 17.5 Å². The van der Waals surface area contributed by atoms with Gasteiger partial charge in [-0.15, -0.1) is 0 Å². The third-order valence-corrected chi connectivity index (χ3v) is 1.04. The molecule has 0 spiro atoms. The van der Waals surface area contributed by atoms with Crippen LogP contribution in [-0.2, 0) is 16.8 Å². The number of aromatic amines is 1. The van der Waals surface area contributed by atoms with E-state index in [-0.39, 0.29) is 0 Å². The number of aryl methyl sites for hydroxylation is 1. The van der Waals surface area contributed by atoms with Crippen LogP contribution in [0.3, 0.4) is 0 Å². The van der Waals surface area contributed by atoms with Crippen LogP contribution in [0.25, 0.3) is 0 Å². The van der Waals surface area contributed by atoms with Gasteiger partial charge in [0, 0.05) is 18.8 Å². The number of nitrogens with one attached hydrogen (secondary N) is 1. The van der Waals surface area contributed by atoms with E-state index >= 15 is 0 Å². The molecule has 1 rings (SSSR count). The Morgan fingerprint density at radius 2 is 2.08 bits per heavy atom. The Labute approximate surface area is 76.6 Å². The first-order chi connectivity index (χ1) is 5.93. The summed E-state index contributed by atoms with van der Waals surface area (Å²) in [5, 5.41) is 0. The fraction of sp³-hybridized carbons (Fsp3) is 0.500. The molecule has 0 aliphatic heterocycles.